The number of nitrogens with one attached hydrogen (secondary N) is 3. The Bertz CT molecular complexity index is 342. The molecule has 1 rings (SSSR count). The van der Waals surface area contributed by atoms with Gasteiger partial charge in [-0.2, -0.15) is 0 Å². The number of carboxylic acid groups (broad SMARTS) is 1. The van der Waals surface area contributed by atoms with E-state index in [2.05, 4.69) is 16.0 Å². The van der Waals surface area contributed by atoms with Crippen LogP contribution in [0.25, 0.3) is 0 Å². The molecule has 108 valence electrons. The summed E-state index contributed by atoms with van der Waals surface area (Å²) >= 11 is 0. The van der Waals surface area contributed by atoms with E-state index < -0.39 is 18.0 Å². The minimum absolute atomic E-state index is 0.0246. The van der Waals surface area contributed by atoms with Gasteiger partial charge in [0.1, 0.15) is 6.04 Å². The topological polar surface area (TPSA) is 108 Å². The highest BCUT2D eigenvalue weighted by Gasteiger charge is 2.29. The number of carboxylic acids is 1. The van der Waals surface area contributed by atoms with Crippen LogP contribution in [0.4, 0.5) is 4.79 Å². The Morgan fingerprint density at radius 2 is 1.84 bits per heavy atom. The van der Waals surface area contributed by atoms with E-state index in [1.165, 1.54) is 0 Å². The van der Waals surface area contributed by atoms with Crippen LogP contribution in [-0.2, 0) is 9.59 Å². The molecule has 0 spiro atoms. The largest absolute Gasteiger partial charge is 0.480 e. The fourth-order valence-corrected chi connectivity index (χ4v) is 1.61. The first kappa shape index (κ1) is 15.3. The van der Waals surface area contributed by atoms with E-state index in [1.54, 1.807) is 0 Å². The summed E-state index contributed by atoms with van der Waals surface area (Å²) in [6.07, 6.45) is 2.95. The Morgan fingerprint density at radius 3 is 2.37 bits per heavy atom. The predicted molar refractivity (Wildman–Crippen MR) is 68.6 cm³/mol. The number of hydrogen-bond acceptors (Lipinski definition) is 3. The van der Waals surface area contributed by atoms with Gasteiger partial charge in [-0.05, 0) is 19.3 Å². The van der Waals surface area contributed by atoms with Crippen molar-refractivity contribution in [3.8, 4) is 0 Å². The van der Waals surface area contributed by atoms with Crippen molar-refractivity contribution in [3.05, 3.63) is 0 Å². The molecule has 1 atom stereocenters. The Labute approximate surface area is 112 Å². The molecule has 0 radical (unpaired) electrons. The number of aliphatic carboxylic acids is 1. The number of hydrogen-bond donors (Lipinski definition) is 4. The third-order valence-corrected chi connectivity index (χ3v) is 2.84. The van der Waals surface area contributed by atoms with Crippen LogP contribution < -0.4 is 16.0 Å². The van der Waals surface area contributed by atoms with E-state index in [4.69, 9.17) is 5.11 Å². The van der Waals surface area contributed by atoms with Crippen LogP contribution >= 0.6 is 0 Å². The molecule has 1 unspecified atom stereocenters. The summed E-state index contributed by atoms with van der Waals surface area (Å²) in [6, 6.07) is -1.40. The van der Waals surface area contributed by atoms with Crippen molar-refractivity contribution in [3.63, 3.8) is 0 Å². The molecule has 0 heterocycles. The van der Waals surface area contributed by atoms with Crippen molar-refractivity contribution >= 4 is 17.9 Å². The maximum Gasteiger partial charge on any atom is 0.326 e. The molecule has 0 saturated heterocycles. The number of carbonyl (C=O) groups excluding carboxylic acids is 2. The van der Waals surface area contributed by atoms with Gasteiger partial charge in [-0.25, -0.2) is 9.59 Å². The highest BCUT2D eigenvalue weighted by Crippen LogP contribution is 2.28. The van der Waals surface area contributed by atoms with E-state index >= 15 is 0 Å². The number of amides is 3. The Kier molecular flexibility index (Phi) is 6.11. The molecule has 1 aliphatic carbocycles. The van der Waals surface area contributed by atoms with Gasteiger partial charge in [0.15, 0.2) is 0 Å². The summed E-state index contributed by atoms with van der Waals surface area (Å²) in [7, 11) is 0. The smallest absolute Gasteiger partial charge is 0.326 e. The van der Waals surface area contributed by atoms with Crippen LogP contribution in [0.15, 0.2) is 0 Å². The van der Waals surface area contributed by atoms with Crippen molar-refractivity contribution < 1.29 is 19.5 Å². The van der Waals surface area contributed by atoms with Gasteiger partial charge in [0.05, 0.1) is 0 Å². The van der Waals surface area contributed by atoms with Gasteiger partial charge in [-0.3, -0.25) is 4.79 Å². The molecular formula is C12H21N3O4. The molecule has 3 amide bonds. The van der Waals surface area contributed by atoms with Gasteiger partial charge in [-0.1, -0.05) is 13.3 Å². The molecule has 7 nitrogen and oxygen atoms in total. The third kappa shape index (κ3) is 6.08. The lowest BCUT2D eigenvalue weighted by Gasteiger charge is -2.14. The summed E-state index contributed by atoms with van der Waals surface area (Å²) in [5.74, 6) is -0.870. The predicted octanol–water partition coefficient (Wildman–Crippen LogP) is 0.0651. The lowest BCUT2D eigenvalue weighted by Crippen LogP contribution is -2.47. The van der Waals surface area contributed by atoms with Crippen molar-refractivity contribution in [2.45, 2.75) is 38.6 Å². The Hall–Kier alpha value is -1.79. The number of rotatable bonds is 8. The second-order valence-electron chi connectivity index (χ2n) is 4.65. The molecule has 0 aromatic carbocycles. The van der Waals surface area contributed by atoms with E-state index in [9.17, 15) is 14.4 Å². The molecule has 4 N–H and O–H groups in total. The molecule has 1 aliphatic rings. The first-order chi connectivity index (χ1) is 9.04. The Balaban J connectivity index is 2.11. The summed E-state index contributed by atoms with van der Waals surface area (Å²) in [5, 5.41) is 16.5. The van der Waals surface area contributed by atoms with E-state index in [0.717, 1.165) is 12.8 Å². The summed E-state index contributed by atoms with van der Waals surface area (Å²) in [5.41, 5.74) is 0. The average Bonchev–Trinajstić information content (AvgIpc) is 3.17. The molecule has 0 aromatic heterocycles. The molecular weight excluding hydrogens is 250 g/mol. The van der Waals surface area contributed by atoms with Crippen LogP contribution in [0.1, 0.15) is 32.6 Å². The zero-order chi connectivity index (χ0) is 14.3. The van der Waals surface area contributed by atoms with Crippen LogP contribution in [0.3, 0.4) is 0 Å². The number of urea groups is 1. The normalized spacial score (nSPS) is 15.4. The quantitative estimate of drug-likeness (QED) is 0.468. The van der Waals surface area contributed by atoms with Gasteiger partial charge >= 0.3 is 12.0 Å². The summed E-state index contributed by atoms with van der Waals surface area (Å²) in [4.78, 5) is 33.5. The molecule has 19 heavy (non-hydrogen) atoms. The van der Waals surface area contributed by atoms with Crippen molar-refractivity contribution in [2.75, 3.05) is 13.1 Å². The molecule has 0 aliphatic heterocycles. The second kappa shape index (κ2) is 7.60. The van der Waals surface area contributed by atoms with Crippen molar-refractivity contribution in [2.24, 2.45) is 5.92 Å². The third-order valence-electron chi connectivity index (χ3n) is 2.84. The maximum absolute atomic E-state index is 11.4. The maximum atomic E-state index is 11.4. The van der Waals surface area contributed by atoms with Gasteiger partial charge in [0, 0.05) is 19.0 Å². The van der Waals surface area contributed by atoms with Crippen LogP contribution in [0, 0.1) is 5.92 Å². The molecule has 7 heteroatoms. The van der Waals surface area contributed by atoms with Gasteiger partial charge < -0.3 is 21.1 Å². The lowest BCUT2D eigenvalue weighted by atomic mass is 10.2. The zero-order valence-corrected chi connectivity index (χ0v) is 11.1. The van der Waals surface area contributed by atoms with Gasteiger partial charge in [0.2, 0.25) is 5.91 Å². The fraction of sp³-hybridized carbons (Fsp3) is 0.750. The van der Waals surface area contributed by atoms with Crippen LogP contribution in [-0.4, -0.2) is 42.1 Å². The standard InChI is InChI=1S/C12H21N3O4/c1-2-3-9(11(17)18)15-12(19)14-7-6-13-10(16)8-4-5-8/h8-9H,2-7H2,1H3,(H,13,16)(H,17,18)(H2,14,15,19). The SMILES string of the molecule is CCCC(NC(=O)NCCNC(=O)C1CC1)C(=O)O. The first-order valence-corrected chi connectivity index (χ1v) is 6.59. The summed E-state index contributed by atoms with van der Waals surface area (Å²) < 4.78 is 0. The zero-order valence-electron chi connectivity index (χ0n) is 11.1. The van der Waals surface area contributed by atoms with Crippen LogP contribution in [0.2, 0.25) is 0 Å². The molecule has 1 fully saturated rings. The first-order valence-electron chi connectivity index (χ1n) is 6.59. The van der Waals surface area contributed by atoms with Crippen molar-refractivity contribution in [1.82, 2.24) is 16.0 Å². The highest BCUT2D eigenvalue weighted by atomic mass is 16.4. The monoisotopic (exact) mass is 271 g/mol. The van der Waals surface area contributed by atoms with Gasteiger partial charge in [0.25, 0.3) is 0 Å². The van der Waals surface area contributed by atoms with E-state index in [-0.39, 0.29) is 18.4 Å². The molecule has 0 aromatic rings. The highest BCUT2D eigenvalue weighted by molar-refractivity contribution is 5.82. The van der Waals surface area contributed by atoms with Gasteiger partial charge in [-0.15, -0.1) is 0 Å². The second-order valence-corrected chi connectivity index (χ2v) is 4.65. The van der Waals surface area contributed by atoms with E-state index in [0.29, 0.717) is 19.4 Å². The lowest BCUT2D eigenvalue weighted by molar-refractivity contribution is -0.139. The fourth-order valence-electron chi connectivity index (χ4n) is 1.61. The van der Waals surface area contributed by atoms with Crippen molar-refractivity contribution in [1.29, 1.82) is 0 Å². The molecule has 0 bridgehead atoms. The number of carbonyl (C=O) groups is 3. The van der Waals surface area contributed by atoms with E-state index in [1.807, 2.05) is 6.92 Å². The average molecular weight is 271 g/mol. The Morgan fingerprint density at radius 1 is 1.21 bits per heavy atom. The summed E-state index contributed by atoms with van der Waals surface area (Å²) in [6.45, 7) is 2.49. The molecule has 1 saturated carbocycles. The minimum Gasteiger partial charge on any atom is -0.480 e. The minimum atomic E-state index is -1.04. The van der Waals surface area contributed by atoms with Crippen LogP contribution in [0.5, 0.6) is 0 Å².